The summed E-state index contributed by atoms with van der Waals surface area (Å²) in [5, 5.41) is 6.11. The van der Waals surface area contributed by atoms with Crippen LogP contribution in [0.2, 0.25) is 0 Å². The van der Waals surface area contributed by atoms with E-state index in [2.05, 4.69) is 15.2 Å². The standard InChI is InChI=1S/C27H35F3N6O2S/c28-27(29,30)20-5-4-8-22(17-20)34-13-15-35(16-14-34)24(37)18-33-9-11-36(12-10-33)25(38)23-19-39-26(32-23)31-21-6-2-1-3-7-21/h4-5,8,17,19,21H,1-3,6-7,9-16,18H2,(H,31,32). The Morgan fingerprint density at radius 2 is 1.64 bits per heavy atom. The van der Waals surface area contributed by atoms with Gasteiger partial charge in [0.15, 0.2) is 5.13 Å². The number of anilines is 2. The summed E-state index contributed by atoms with van der Waals surface area (Å²) in [4.78, 5) is 38.0. The normalized spacial score (nSPS) is 19.8. The number of nitrogens with zero attached hydrogens (tertiary/aromatic N) is 5. The summed E-state index contributed by atoms with van der Waals surface area (Å²) in [5.41, 5.74) is 0.332. The highest BCUT2D eigenvalue weighted by atomic mass is 32.1. The maximum atomic E-state index is 13.1. The smallest absolute Gasteiger partial charge is 0.368 e. The zero-order valence-electron chi connectivity index (χ0n) is 22.0. The number of halogens is 3. The predicted octanol–water partition coefficient (Wildman–Crippen LogP) is 4.01. The highest BCUT2D eigenvalue weighted by molar-refractivity contribution is 7.13. The molecule has 1 N–H and O–H groups in total. The van der Waals surface area contributed by atoms with Crippen LogP contribution in [0.15, 0.2) is 29.6 Å². The van der Waals surface area contributed by atoms with Crippen molar-refractivity contribution in [2.75, 3.05) is 69.1 Å². The van der Waals surface area contributed by atoms with Gasteiger partial charge in [0.05, 0.1) is 12.1 Å². The average molecular weight is 565 g/mol. The molecule has 2 aliphatic heterocycles. The van der Waals surface area contributed by atoms with E-state index >= 15 is 0 Å². The van der Waals surface area contributed by atoms with Crippen molar-refractivity contribution in [2.24, 2.45) is 0 Å². The third-order valence-corrected chi connectivity index (χ3v) is 8.62. The van der Waals surface area contributed by atoms with Gasteiger partial charge in [-0.2, -0.15) is 13.2 Å². The Bertz CT molecular complexity index is 1140. The van der Waals surface area contributed by atoms with E-state index in [1.54, 1.807) is 15.9 Å². The summed E-state index contributed by atoms with van der Waals surface area (Å²) < 4.78 is 39.2. The number of piperazine rings is 2. The first-order chi connectivity index (χ1) is 18.8. The molecule has 1 saturated carbocycles. The number of carbonyl (C=O) groups is 2. The van der Waals surface area contributed by atoms with Crippen molar-refractivity contribution in [1.29, 1.82) is 0 Å². The van der Waals surface area contributed by atoms with Crippen molar-refractivity contribution in [3.05, 3.63) is 40.9 Å². The van der Waals surface area contributed by atoms with Gasteiger partial charge in [-0.15, -0.1) is 11.3 Å². The first kappa shape index (κ1) is 27.7. The lowest BCUT2D eigenvalue weighted by molar-refractivity contribution is -0.137. The maximum Gasteiger partial charge on any atom is 0.416 e. The lowest BCUT2D eigenvalue weighted by Gasteiger charge is -2.38. The Balaban J connectivity index is 1.05. The second-order valence-corrected chi connectivity index (χ2v) is 11.4. The van der Waals surface area contributed by atoms with Crippen molar-refractivity contribution in [3.8, 4) is 0 Å². The zero-order chi connectivity index (χ0) is 27.4. The van der Waals surface area contributed by atoms with Gasteiger partial charge in [0.2, 0.25) is 5.91 Å². The van der Waals surface area contributed by atoms with E-state index in [1.165, 1.54) is 36.7 Å². The number of aromatic nitrogens is 1. The number of thiazole rings is 1. The molecule has 0 atom stereocenters. The molecule has 5 rings (SSSR count). The minimum absolute atomic E-state index is 0.0106. The Hall–Kier alpha value is -2.86. The van der Waals surface area contributed by atoms with E-state index < -0.39 is 11.7 Å². The summed E-state index contributed by atoms with van der Waals surface area (Å²) >= 11 is 1.48. The monoisotopic (exact) mass is 564 g/mol. The fourth-order valence-electron chi connectivity index (χ4n) is 5.52. The molecule has 1 aromatic heterocycles. The van der Waals surface area contributed by atoms with Crippen molar-refractivity contribution in [2.45, 2.75) is 44.3 Å². The third kappa shape index (κ3) is 7.02. The Labute approximate surface area is 230 Å². The first-order valence-corrected chi connectivity index (χ1v) is 14.6. The average Bonchev–Trinajstić information content (AvgIpc) is 3.42. The van der Waals surface area contributed by atoms with Crippen LogP contribution in [0.5, 0.6) is 0 Å². The van der Waals surface area contributed by atoms with Crippen LogP contribution in [0.25, 0.3) is 0 Å². The maximum absolute atomic E-state index is 13.1. The van der Waals surface area contributed by atoms with Crippen molar-refractivity contribution in [1.82, 2.24) is 19.7 Å². The topological polar surface area (TPSA) is 72.0 Å². The number of amides is 2. The molecule has 212 valence electrons. The van der Waals surface area contributed by atoms with Crippen molar-refractivity contribution in [3.63, 3.8) is 0 Å². The number of benzene rings is 1. The summed E-state index contributed by atoms with van der Waals surface area (Å²) in [7, 11) is 0. The molecule has 3 aliphatic rings. The van der Waals surface area contributed by atoms with Crippen LogP contribution in [0.3, 0.4) is 0 Å². The number of hydrogen-bond acceptors (Lipinski definition) is 7. The summed E-state index contributed by atoms with van der Waals surface area (Å²) in [6.45, 7) is 4.48. The number of nitrogens with one attached hydrogen (secondary N) is 1. The fourth-order valence-corrected chi connectivity index (χ4v) is 6.28. The van der Waals surface area contributed by atoms with Gasteiger partial charge in [-0.25, -0.2) is 4.98 Å². The molecular formula is C27H35F3N6O2S. The molecule has 39 heavy (non-hydrogen) atoms. The molecule has 0 unspecified atom stereocenters. The van der Waals surface area contributed by atoms with Crippen LogP contribution in [0.1, 0.15) is 48.2 Å². The van der Waals surface area contributed by atoms with Gasteiger partial charge < -0.3 is 20.0 Å². The molecule has 1 aliphatic carbocycles. The largest absolute Gasteiger partial charge is 0.416 e. The summed E-state index contributed by atoms with van der Waals surface area (Å²) in [5.74, 6) is -0.0592. The van der Waals surface area contributed by atoms with E-state index in [9.17, 15) is 22.8 Å². The van der Waals surface area contributed by atoms with Crippen LogP contribution in [-0.4, -0.2) is 96.4 Å². The van der Waals surface area contributed by atoms with E-state index in [0.29, 0.717) is 69.8 Å². The van der Waals surface area contributed by atoms with Gasteiger partial charge in [-0.1, -0.05) is 25.3 Å². The van der Waals surface area contributed by atoms with E-state index in [4.69, 9.17) is 0 Å². The third-order valence-electron chi connectivity index (χ3n) is 7.85. The second kappa shape index (κ2) is 12.1. The van der Waals surface area contributed by atoms with Gasteiger partial charge in [0, 0.05) is 69.5 Å². The Morgan fingerprint density at radius 3 is 2.33 bits per heavy atom. The summed E-state index contributed by atoms with van der Waals surface area (Å²) in [6, 6.07) is 5.77. The molecule has 2 aromatic rings. The molecule has 1 aromatic carbocycles. The van der Waals surface area contributed by atoms with Gasteiger partial charge in [-0.3, -0.25) is 14.5 Å². The molecule has 0 bridgehead atoms. The molecule has 3 heterocycles. The van der Waals surface area contributed by atoms with Gasteiger partial charge in [-0.05, 0) is 31.0 Å². The van der Waals surface area contributed by atoms with Crippen molar-refractivity contribution < 1.29 is 22.8 Å². The van der Waals surface area contributed by atoms with E-state index in [0.717, 1.165) is 30.1 Å². The van der Waals surface area contributed by atoms with Crippen molar-refractivity contribution >= 4 is 34.0 Å². The number of rotatable bonds is 6. The van der Waals surface area contributed by atoms with Gasteiger partial charge in [0.1, 0.15) is 5.69 Å². The second-order valence-electron chi connectivity index (χ2n) is 10.5. The quantitative estimate of drug-likeness (QED) is 0.572. The van der Waals surface area contributed by atoms with Gasteiger partial charge >= 0.3 is 6.18 Å². The summed E-state index contributed by atoms with van der Waals surface area (Å²) in [6.07, 6.45) is 1.67. The predicted molar refractivity (Wildman–Crippen MR) is 145 cm³/mol. The lowest BCUT2D eigenvalue weighted by atomic mass is 9.96. The minimum Gasteiger partial charge on any atom is -0.368 e. The van der Waals surface area contributed by atoms with Crippen LogP contribution < -0.4 is 10.2 Å². The minimum atomic E-state index is -4.38. The highest BCUT2D eigenvalue weighted by Gasteiger charge is 2.32. The SMILES string of the molecule is O=C(CN1CCN(C(=O)c2csc(NC3CCCCC3)n2)CC1)N1CCN(c2cccc(C(F)(F)F)c2)CC1. The lowest BCUT2D eigenvalue weighted by Crippen LogP contribution is -2.54. The first-order valence-electron chi connectivity index (χ1n) is 13.7. The van der Waals surface area contributed by atoms with Crippen LogP contribution in [-0.2, 0) is 11.0 Å². The van der Waals surface area contributed by atoms with Crippen LogP contribution >= 0.6 is 11.3 Å². The van der Waals surface area contributed by atoms with Gasteiger partial charge in [0.25, 0.3) is 5.91 Å². The van der Waals surface area contributed by atoms with Crippen LogP contribution in [0.4, 0.5) is 24.0 Å². The number of alkyl halides is 3. The molecule has 0 spiro atoms. The number of hydrogen-bond donors (Lipinski definition) is 1. The highest BCUT2D eigenvalue weighted by Crippen LogP contribution is 2.32. The molecular weight excluding hydrogens is 529 g/mol. The Kier molecular flexibility index (Phi) is 8.61. The molecule has 3 fully saturated rings. The molecule has 2 amide bonds. The molecule has 2 saturated heterocycles. The zero-order valence-corrected chi connectivity index (χ0v) is 22.8. The molecule has 12 heteroatoms. The fraction of sp³-hybridized carbons (Fsp3) is 0.593. The van der Waals surface area contributed by atoms with E-state index in [-0.39, 0.29) is 18.4 Å². The van der Waals surface area contributed by atoms with E-state index in [1.807, 2.05) is 10.3 Å². The molecule has 8 nitrogen and oxygen atoms in total. The van der Waals surface area contributed by atoms with Crippen LogP contribution in [0, 0.1) is 0 Å². The molecule has 0 radical (unpaired) electrons. The Morgan fingerprint density at radius 1 is 0.949 bits per heavy atom. The number of carbonyl (C=O) groups excluding carboxylic acids is 2.